The second-order valence-electron chi connectivity index (χ2n) is 5.28. The van der Waals surface area contributed by atoms with Gasteiger partial charge in [-0.1, -0.05) is 11.6 Å². The summed E-state index contributed by atoms with van der Waals surface area (Å²) in [4.78, 5) is 16.5. The van der Waals surface area contributed by atoms with E-state index < -0.39 is 6.04 Å². The van der Waals surface area contributed by atoms with E-state index in [1.165, 1.54) is 0 Å². The van der Waals surface area contributed by atoms with Crippen LogP contribution in [0.1, 0.15) is 12.8 Å². The highest BCUT2D eigenvalue weighted by Gasteiger charge is 2.13. The number of carbonyl (C=O) groups excluding carboxylic acids is 1. The van der Waals surface area contributed by atoms with Crippen LogP contribution < -0.4 is 10.6 Å². The Balaban J connectivity index is 1.67. The predicted molar refractivity (Wildman–Crippen MR) is 91.9 cm³/mol. The van der Waals surface area contributed by atoms with Crippen molar-refractivity contribution in [2.45, 2.75) is 19.9 Å². The molecular weight excluding hydrogens is 314 g/mol. The van der Waals surface area contributed by atoms with Gasteiger partial charge in [0, 0.05) is 23.3 Å². The van der Waals surface area contributed by atoms with Gasteiger partial charge in [0.05, 0.1) is 0 Å². The Hall–Kier alpha value is -2.53. The number of hydrogen-bond acceptors (Lipinski definition) is 4. The average molecular weight is 330 g/mol. The third kappa shape index (κ3) is 3.63. The molecule has 0 saturated heterocycles. The molecule has 3 rings (SSSR count). The van der Waals surface area contributed by atoms with Crippen molar-refractivity contribution in [3.8, 4) is 0 Å². The minimum Gasteiger partial charge on any atom is -0.441 e. The first-order chi connectivity index (χ1) is 11.0. The van der Waals surface area contributed by atoms with E-state index in [1.54, 1.807) is 38.1 Å². The molecule has 6 heteroatoms. The molecule has 0 aliphatic rings. The number of hydrogen-bond donors (Lipinski definition) is 2. The maximum absolute atomic E-state index is 12.2. The van der Waals surface area contributed by atoms with Gasteiger partial charge in [0.2, 0.25) is 5.91 Å². The van der Waals surface area contributed by atoms with Gasteiger partial charge in [-0.3, -0.25) is 4.79 Å². The van der Waals surface area contributed by atoms with Crippen LogP contribution >= 0.6 is 11.6 Å². The summed E-state index contributed by atoms with van der Waals surface area (Å²) < 4.78 is 5.43. The number of amides is 1. The molecule has 1 atom stereocenters. The fourth-order valence-electron chi connectivity index (χ4n) is 2.23. The number of halogens is 1. The largest absolute Gasteiger partial charge is 0.441 e. The summed E-state index contributed by atoms with van der Waals surface area (Å²) in [5.74, 6) is 0.481. The molecule has 0 fully saturated rings. The summed E-state index contributed by atoms with van der Waals surface area (Å²) in [6, 6.07) is 12.1. The maximum atomic E-state index is 12.2. The predicted octanol–water partition coefficient (Wildman–Crippen LogP) is 4.23. The lowest BCUT2D eigenvalue weighted by molar-refractivity contribution is -0.116. The SMILES string of the molecule is Cc1nc2cc(NC(C)C(=O)Nc3ccc(Cl)cc3)ccc2o1. The zero-order chi connectivity index (χ0) is 16.4. The first kappa shape index (κ1) is 15.4. The quantitative estimate of drug-likeness (QED) is 0.751. The van der Waals surface area contributed by atoms with Crippen molar-refractivity contribution in [1.82, 2.24) is 4.98 Å². The Bertz CT molecular complexity index is 843. The number of nitrogens with zero attached hydrogens (tertiary/aromatic N) is 1. The van der Waals surface area contributed by atoms with Gasteiger partial charge in [0.25, 0.3) is 0 Å². The van der Waals surface area contributed by atoms with Gasteiger partial charge in [0.1, 0.15) is 11.6 Å². The summed E-state index contributed by atoms with van der Waals surface area (Å²) >= 11 is 5.83. The van der Waals surface area contributed by atoms with Crippen LogP contribution in [-0.4, -0.2) is 16.9 Å². The van der Waals surface area contributed by atoms with Crippen molar-refractivity contribution in [3.63, 3.8) is 0 Å². The number of oxazole rings is 1. The van der Waals surface area contributed by atoms with Crippen molar-refractivity contribution >= 4 is 40.0 Å². The second-order valence-corrected chi connectivity index (χ2v) is 5.71. The molecule has 1 heterocycles. The summed E-state index contributed by atoms with van der Waals surface area (Å²) in [7, 11) is 0. The number of carbonyl (C=O) groups is 1. The number of rotatable bonds is 4. The molecule has 0 radical (unpaired) electrons. The minimum absolute atomic E-state index is 0.135. The highest BCUT2D eigenvalue weighted by Crippen LogP contribution is 2.20. The zero-order valence-electron chi connectivity index (χ0n) is 12.8. The monoisotopic (exact) mass is 329 g/mol. The van der Waals surface area contributed by atoms with Crippen LogP contribution in [0.2, 0.25) is 5.02 Å². The molecular formula is C17H16ClN3O2. The van der Waals surface area contributed by atoms with Crippen molar-refractivity contribution in [2.75, 3.05) is 10.6 Å². The molecule has 0 bridgehead atoms. The smallest absolute Gasteiger partial charge is 0.246 e. The maximum Gasteiger partial charge on any atom is 0.246 e. The van der Waals surface area contributed by atoms with E-state index in [-0.39, 0.29) is 5.91 Å². The van der Waals surface area contributed by atoms with Gasteiger partial charge in [0.15, 0.2) is 11.5 Å². The molecule has 2 N–H and O–H groups in total. The summed E-state index contributed by atoms with van der Waals surface area (Å²) in [6.45, 7) is 3.60. The van der Waals surface area contributed by atoms with Crippen LogP contribution in [0, 0.1) is 6.92 Å². The lowest BCUT2D eigenvalue weighted by atomic mass is 10.2. The third-order valence-corrected chi connectivity index (χ3v) is 3.63. The van der Waals surface area contributed by atoms with Crippen LogP contribution in [-0.2, 0) is 4.79 Å². The zero-order valence-corrected chi connectivity index (χ0v) is 13.5. The Morgan fingerprint density at radius 2 is 1.87 bits per heavy atom. The van der Waals surface area contributed by atoms with Crippen molar-refractivity contribution in [1.29, 1.82) is 0 Å². The van der Waals surface area contributed by atoms with Crippen LogP contribution in [0.4, 0.5) is 11.4 Å². The molecule has 0 spiro atoms. The van der Waals surface area contributed by atoms with E-state index in [4.69, 9.17) is 16.0 Å². The molecule has 5 nitrogen and oxygen atoms in total. The Morgan fingerprint density at radius 3 is 2.61 bits per heavy atom. The average Bonchev–Trinajstić information content (AvgIpc) is 2.88. The molecule has 2 aromatic carbocycles. The fraction of sp³-hybridized carbons (Fsp3) is 0.176. The normalized spacial score (nSPS) is 12.1. The highest BCUT2D eigenvalue weighted by atomic mass is 35.5. The number of anilines is 2. The molecule has 0 aliphatic carbocycles. The van der Waals surface area contributed by atoms with Crippen LogP contribution in [0.25, 0.3) is 11.1 Å². The summed E-state index contributed by atoms with van der Waals surface area (Å²) in [5, 5.41) is 6.62. The van der Waals surface area contributed by atoms with E-state index >= 15 is 0 Å². The molecule has 1 aromatic heterocycles. The van der Waals surface area contributed by atoms with E-state index in [2.05, 4.69) is 15.6 Å². The van der Waals surface area contributed by atoms with Crippen LogP contribution in [0.5, 0.6) is 0 Å². The fourth-order valence-corrected chi connectivity index (χ4v) is 2.36. The number of nitrogens with one attached hydrogen (secondary N) is 2. The van der Waals surface area contributed by atoms with Crippen molar-refractivity contribution < 1.29 is 9.21 Å². The van der Waals surface area contributed by atoms with Gasteiger partial charge in [-0.15, -0.1) is 0 Å². The molecule has 1 unspecified atom stereocenters. The second kappa shape index (κ2) is 6.30. The molecule has 0 aliphatic heterocycles. The van der Waals surface area contributed by atoms with Crippen molar-refractivity contribution in [3.05, 3.63) is 53.4 Å². The van der Waals surface area contributed by atoms with E-state index in [1.807, 2.05) is 18.2 Å². The minimum atomic E-state index is -0.406. The van der Waals surface area contributed by atoms with Gasteiger partial charge >= 0.3 is 0 Å². The van der Waals surface area contributed by atoms with E-state index in [0.29, 0.717) is 16.6 Å². The number of aryl methyl sites for hydroxylation is 1. The van der Waals surface area contributed by atoms with Crippen LogP contribution in [0.15, 0.2) is 46.9 Å². The number of fused-ring (bicyclic) bond motifs is 1. The van der Waals surface area contributed by atoms with Gasteiger partial charge in [-0.2, -0.15) is 0 Å². The highest BCUT2D eigenvalue weighted by molar-refractivity contribution is 6.30. The number of benzene rings is 2. The van der Waals surface area contributed by atoms with Gasteiger partial charge in [-0.25, -0.2) is 4.98 Å². The lowest BCUT2D eigenvalue weighted by Crippen LogP contribution is -2.31. The molecule has 0 saturated carbocycles. The van der Waals surface area contributed by atoms with E-state index in [9.17, 15) is 4.79 Å². The molecule has 118 valence electrons. The number of aromatic nitrogens is 1. The Morgan fingerprint density at radius 1 is 1.17 bits per heavy atom. The van der Waals surface area contributed by atoms with E-state index in [0.717, 1.165) is 16.8 Å². The summed E-state index contributed by atoms with van der Waals surface area (Å²) in [6.07, 6.45) is 0. The molecule has 1 amide bonds. The Labute approximate surface area is 138 Å². The molecule has 3 aromatic rings. The lowest BCUT2D eigenvalue weighted by Gasteiger charge is -2.15. The third-order valence-electron chi connectivity index (χ3n) is 3.38. The standard InChI is InChI=1S/C17H16ClN3O2/c1-10(17(22)21-13-5-3-12(18)4-6-13)19-14-7-8-16-15(9-14)20-11(2)23-16/h3-10,19H,1-2H3,(H,21,22). The Kier molecular flexibility index (Phi) is 4.21. The van der Waals surface area contributed by atoms with Gasteiger partial charge < -0.3 is 15.1 Å². The first-order valence-electron chi connectivity index (χ1n) is 7.21. The summed E-state index contributed by atoms with van der Waals surface area (Å²) in [5.41, 5.74) is 3.00. The first-order valence-corrected chi connectivity index (χ1v) is 7.59. The van der Waals surface area contributed by atoms with Gasteiger partial charge in [-0.05, 0) is 49.4 Å². The van der Waals surface area contributed by atoms with Crippen LogP contribution in [0.3, 0.4) is 0 Å². The van der Waals surface area contributed by atoms with Crippen molar-refractivity contribution in [2.24, 2.45) is 0 Å². The molecule has 23 heavy (non-hydrogen) atoms. The topological polar surface area (TPSA) is 67.2 Å².